The molecule has 28 heavy (non-hydrogen) atoms. The third-order valence-electron chi connectivity index (χ3n) is 5.32. The molecule has 0 unspecified atom stereocenters. The fourth-order valence-corrected chi connectivity index (χ4v) is 4.35. The minimum absolute atomic E-state index is 0.0651. The third kappa shape index (κ3) is 3.56. The summed E-state index contributed by atoms with van der Waals surface area (Å²) in [6.07, 6.45) is 1.97. The molecule has 0 saturated carbocycles. The first-order valence-electron chi connectivity index (χ1n) is 9.13. The van der Waals surface area contributed by atoms with Gasteiger partial charge in [-0.3, -0.25) is 19.2 Å². The van der Waals surface area contributed by atoms with Gasteiger partial charge in [0.25, 0.3) is 5.91 Å². The minimum atomic E-state index is -0.295. The molecule has 3 heterocycles. The number of hydrogen-bond acceptors (Lipinski definition) is 5. The van der Waals surface area contributed by atoms with Crippen LogP contribution in [0.1, 0.15) is 35.1 Å². The number of amides is 1. The summed E-state index contributed by atoms with van der Waals surface area (Å²) in [5.41, 5.74) is 1.91. The molecule has 1 amide bonds. The largest absolute Gasteiger partial charge is 0.469 e. The summed E-state index contributed by atoms with van der Waals surface area (Å²) in [5, 5.41) is 7.77. The van der Waals surface area contributed by atoms with E-state index in [1.807, 2.05) is 16.8 Å². The van der Waals surface area contributed by atoms with Gasteiger partial charge in [0.05, 0.1) is 35.5 Å². The van der Waals surface area contributed by atoms with Crippen molar-refractivity contribution in [2.45, 2.75) is 25.4 Å². The van der Waals surface area contributed by atoms with Crippen molar-refractivity contribution in [1.82, 2.24) is 14.7 Å². The molecule has 9 heteroatoms. The molecule has 0 radical (unpaired) electrons. The Morgan fingerprint density at radius 3 is 2.89 bits per heavy atom. The molecule has 0 aliphatic carbocycles. The molecule has 2 aromatic rings. The van der Waals surface area contributed by atoms with Gasteiger partial charge in [-0.25, -0.2) is 0 Å². The molecule has 1 aromatic heterocycles. The van der Waals surface area contributed by atoms with Crippen LogP contribution in [0.2, 0.25) is 5.02 Å². The minimum Gasteiger partial charge on any atom is -0.469 e. The average molecular weight is 468 g/mol. The second-order valence-corrected chi connectivity index (χ2v) is 8.30. The molecular formula is C19H20BrClN4O3. The van der Waals surface area contributed by atoms with Gasteiger partial charge in [-0.1, -0.05) is 17.7 Å². The Labute approximate surface area is 176 Å². The number of carbonyl (C=O) groups is 2. The van der Waals surface area contributed by atoms with Crippen LogP contribution in [-0.2, 0) is 16.1 Å². The Morgan fingerprint density at radius 1 is 1.36 bits per heavy atom. The Kier molecular flexibility index (Phi) is 5.44. The summed E-state index contributed by atoms with van der Waals surface area (Å²) in [6, 6.07) is 7.37. The molecule has 2 aliphatic heterocycles. The van der Waals surface area contributed by atoms with Crippen LogP contribution < -0.4 is 5.32 Å². The Balaban J connectivity index is 1.50. The first-order valence-corrected chi connectivity index (χ1v) is 10.3. The summed E-state index contributed by atoms with van der Waals surface area (Å²) >= 11 is 9.59. The van der Waals surface area contributed by atoms with Crippen molar-refractivity contribution in [3.05, 3.63) is 45.1 Å². The van der Waals surface area contributed by atoms with Gasteiger partial charge in [0.15, 0.2) is 5.69 Å². The van der Waals surface area contributed by atoms with Crippen molar-refractivity contribution in [2.75, 3.05) is 25.5 Å². The molecule has 1 saturated heterocycles. The van der Waals surface area contributed by atoms with Crippen molar-refractivity contribution in [1.29, 1.82) is 0 Å². The van der Waals surface area contributed by atoms with Crippen molar-refractivity contribution in [3.8, 4) is 0 Å². The third-order valence-corrected chi connectivity index (χ3v) is 6.61. The molecule has 1 fully saturated rings. The number of benzene rings is 1. The first-order chi connectivity index (χ1) is 13.5. The number of halogens is 2. The van der Waals surface area contributed by atoms with Crippen LogP contribution in [0.3, 0.4) is 0 Å². The van der Waals surface area contributed by atoms with E-state index in [1.165, 1.54) is 7.11 Å². The number of anilines is 1. The predicted molar refractivity (Wildman–Crippen MR) is 108 cm³/mol. The van der Waals surface area contributed by atoms with Crippen molar-refractivity contribution in [2.24, 2.45) is 5.92 Å². The number of esters is 1. The molecule has 1 N–H and O–H groups in total. The van der Waals surface area contributed by atoms with Gasteiger partial charge < -0.3 is 10.1 Å². The summed E-state index contributed by atoms with van der Waals surface area (Å²) in [6.45, 7) is 2.14. The van der Waals surface area contributed by atoms with Crippen LogP contribution in [-0.4, -0.2) is 46.8 Å². The Morgan fingerprint density at radius 2 is 2.14 bits per heavy atom. The monoisotopic (exact) mass is 466 g/mol. The van der Waals surface area contributed by atoms with Crippen molar-refractivity contribution >= 4 is 45.1 Å². The van der Waals surface area contributed by atoms with Crippen LogP contribution in [0.15, 0.2) is 28.7 Å². The zero-order chi connectivity index (χ0) is 19.8. The fraction of sp³-hybridized carbons (Fsp3) is 0.421. The fourth-order valence-electron chi connectivity index (χ4n) is 3.81. The Bertz CT molecular complexity index is 926. The van der Waals surface area contributed by atoms with E-state index in [0.717, 1.165) is 25.1 Å². The van der Waals surface area contributed by atoms with Crippen LogP contribution in [0.5, 0.6) is 0 Å². The number of carbonyl (C=O) groups excluding carboxylic acids is 2. The highest BCUT2D eigenvalue weighted by molar-refractivity contribution is 9.10. The van der Waals surface area contributed by atoms with Crippen LogP contribution in [0, 0.1) is 5.92 Å². The highest BCUT2D eigenvalue weighted by Crippen LogP contribution is 2.36. The highest BCUT2D eigenvalue weighted by atomic mass is 79.9. The number of nitrogens with one attached hydrogen (secondary N) is 1. The summed E-state index contributed by atoms with van der Waals surface area (Å²) in [5.74, 6) is -0.520. The lowest BCUT2D eigenvalue weighted by atomic mass is 9.93. The SMILES string of the molecule is COC(=O)C1CN([C@@H]2CCCn3nc(C(=O)Nc4cccc(Br)c4Cl)cc32)C1. The van der Waals surface area contributed by atoms with Crippen molar-refractivity contribution in [3.63, 3.8) is 0 Å². The van der Waals surface area contributed by atoms with E-state index < -0.39 is 0 Å². The standard InChI is InChI=1S/C19H20BrClN4O3/c1-28-19(27)11-9-24(10-11)15-6-3-7-25-16(15)8-14(23-25)18(26)22-13-5-2-4-12(20)17(13)21/h2,4-5,8,11,15H,3,6-7,9-10H2,1H3,(H,22,26)/t15-/m1/s1. The highest BCUT2D eigenvalue weighted by Gasteiger charge is 2.40. The maximum absolute atomic E-state index is 12.7. The zero-order valence-corrected chi connectivity index (χ0v) is 17.7. The molecule has 1 atom stereocenters. The zero-order valence-electron chi connectivity index (χ0n) is 15.3. The van der Waals surface area contributed by atoms with Gasteiger partial charge in [-0.15, -0.1) is 0 Å². The number of aromatic nitrogens is 2. The van der Waals surface area contributed by atoms with E-state index in [0.29, 0.717) is 34.0 Å². The second kappa shape index (κ2) is 7.85. The quantitative estimate of drug-likeness (QED) is 0.697. The van der Waals surface area contributed by atoms with Gasteiger partial charge in [0.1, 0.15) is 0 Å². The average Bonchev–Trinajstić information content (AvgIpc) is 3.09. The first kappa shape index (κ1) is 19.4. The summed E-state index contributed by atoms with van der Waals surface area (Å²) < 4.78 is 7.44. The summed E-state index contributed by atoms with van der Waals surface area (Å²) in [7, 11) is 1.42. The van der Waals surface area contributed by atoms with E-state index in [4.69, 9.17) is 16.3 Å². The van der Waals surface area contributed by atoms with E-state index in [2.05, 4.69) is 31.2 Å². The predicted octanol–water partition coefficient (Wildman–Crippen LogP) is 3.49. The number of rotatable bonds is 4. The van der Waals surface area contributed by atoms with Crippen molar-refractivity contribution < 1.29 is 14.3 Å². The lowest BCUT2D eigenvalue weighted by molar-refractivity contribution is -0.152. The molecule has 2 aliphatic rings. The van der Waals surface area contributed by atoms with Crippen LogP contribution >= 0.6 is 27.5 Å². The van der Waals surface area contributed by atoms with Gasteiger partial charge in [-0.2, -0.15) is 5.10 Å². The molecule has 0 bridgehead atoms. The number of ether oxygens (including phenoxy) is 1. The number of aryl methyl sites for hydroxylation is 1. The van der Waals surface area contributed by atoms with Crippen LogP contribution in [0.4, 0.5) is 5.69 Å². The van der Waals surface area contributed by atoms with Gasteiger partial charge in [-0.05, 0) is 47.0 Å². The van der Waals surface area contributed by atoms with E-state index >= 15 is 0 Å². The number of nitrogens with zero attached hydrogens (tertiary/aromatic N) is 3. The smallest absolute Gasteiger partial charge is 0.311 e. The normalized spacial score (nSPS) is 19.6. The molecule has 148 valence electrons. The maximum atomic E-state index is 12.7. The molecular weight excluding hydrogens is 448 g/mol. The van der Waals surface area contributed by atoms with E-state index in [1.54, 1.807) is 12.1 Å². The maximum Gasteiger partial charge on any atom is 0.311 e. The lowest BCUT2D eigenvalue weighted by Crippen LogP contribution is -2.52. The molecule has 7 nitrogen and oxygen atoms in total. The van der Waals surface area contributed by atoms with Gasteiger partial charge in [0, 0.05) is 24.1 Å². The number of likely N-dealkylation sites (tertiary alicyclic amines) is 1. The van der Waals surface area contributed by atoms with Gasteiger partial charge >= 0.3 is 5.97 Å². The topological polar surface area (TPSA) is 76.5 Å². The van der Waals surface area contributed by atoms with Gasteiger partial charge in [0.2, 0.25) is 0 Å². The number of hydrogen-bond donors (Lipinski definition) is 1. The Hall–Kier alpha value is -1.90. The van der Waals surface area contributed by atoms with E-state index in [-0.39, 0.29) is 23.8 Å². The van der Waals surface area contributed by atoms with Crippen LogP contribution in [0.25, 0.3) is 0 Å². The number of methoxy groups -OCH3 is 1. The van der Waals surface area contributed by atoms with E-state index in [9.17, 15) is 9.59 Å². The second-order valence-electron chi connectivity index (χ2n) is 7.07. The number of fused-ring (bicyclic) bond motifs is 1. The molecule has 1 aromatic carbocycles. The molecule has 0 spiro atoms. The summed E-state index contributed by atoms with van der Waals surface area (Å²) in [4.78, 5) is 26.6. The lowest BCUT2D eigenvalue weighted by Gasteiger charge is -2.44. The molecule has 4 rings (SSSR count).